The van der Waals surface area contributed by atoms with Crippen molar-refractivity contribution >= 4 is 5.82 Å². The van der Waals surface area contributed by atoms with Crippen LogP contribution in [0.25, 0.3) is 11.4 Å². The molecule has 0 atom stereocenters. The molecule has 1 aromatic heterocycles. The van der Waals surface area contributed by atoms with Gasteiger partial charge in [0.1, 0.15) is 5.82 Å². The van der Waals surface area contributed by atoms with Gasteiger partial charge in [-0.2, -0.15) is 0 Å². The summed E-state index contributed by atoms with van der Waals surface area (Å²) >= 11 is 0. The van der Waals surface area contributed by atoms with Crippen molar-refractivity contribution in [3.8, 4) is 11.4 Å². The first-order valence-corrected chi connectivity index (χ1v) is 7.34. The van der Waals surface area contributed by atoms with Gasteiger partial charge in [0.25, 0.3) is 0 Å². The maximum atomic E-state index is 4.75. The molecule has 0 aliphatic carbocycles. The van der Waals surface area contributed by atoms with Crippen molar-refractivity contribution in [2.24, 2.45) is 0 Å². The predicted octanol–water partition coefficient (Wildman–Crippen LogP) is 4.14. The van der Waals surface area contributed by atoms with E-state index in [2.05, 4.69) is 45.1 Å². The Morgan fingerprint density at radius 2 is 1.80 bits per heavy atom. The number of hydrogen-bond donors (Lipinski definition) is 1. The monoisotopic (exact) mass is 269 g/mol. The van der Waals surface area contributed by atoms with Crippen LogP contribution in [0.1, 0.15) is 37.1 Å². The molecule has 0 aliphatic rings. The molecule has 0 saturated carbocycles. The first kappa shape index (κ1) is 14.5. The van der Waals surface area contributed by atoms with Gasteiger partial charge in [-0.15, -0.1) is 0 Å². The minimum atomic E-state index is 0.816. The van der Waals surface area contributed by atoms with Crippen LogP contribution < -0.4 is 5.32 Å². The average Bonchev–Trinajstić information content (AvgIpc) is 2.45. The lowest BCUT2D eigenvalue weighted by Crippen LogP contribution is -2.09. The number of benzene rings is 1. The summed E-state index contributed by atoms with van der Waals surface area (Å²) in [6, 6.07) is 8.26. The molecule has 1 N–H and O–H groups in total. The molecule has 0 aliphatic heterocycles. The van der Waals surface area contributed by atoms with Gasteiger partial charge in [0.05, 0.1) is 0 Å². The van der Waals surface area contributed by atoms with Crippen molar-refractivity contribution < 1.29 is 0 Å². The van der Waals surface area contributed by atoms with Crippen molar-refractivity contribution in [2.45, 2.75) is 40.5 Å². The van der Waals surface area contributed by atoms with Crippen molar-refractivity contribution in [1.29, 1.82) is 0 Å². The van der Waals surface area contributed by atoms with Crippen LogP contribution in [0.15, 0.2) is 24.3 Å². The van der Waals surface area contributed by atoms with Gasteiger partial charge in [-0.1, -0.05) is 38.1 Å². The molecular weight excluding hydrogens is 246 g/mol. The number of nitrogens with zero attached hydrogens (tertiary/aromatic N) is 2. The summed E-state index contributed by atoms with van der Waals surface area (Å²) in [6.45, 7) is 9.42. The molecule has 0 radical (unpaired) electrons. The molecule has 0 saturated heterocycles. The topological polar surface area (TPSA) is 37.8 Å². The summed E-state index contributed by atoms with van der Waals surface area (Å²) in [5.41, 5.74) is 4.60. The number of hydrogen-bond acceptors (Lipinski definition) is 3. The van der Waals surface area contributed by atoms with Crippen LogP contribution >= 0.6 is 0 Å². The van der Waals surface area contributed by atoms with E-state index in [-0.39, 0.29) is 0 Å². The van der Waals surface area contributed by atoms with E-state index in [1.807, 2.05) is 12.1 Å². The van der Waals surface area contributed by atoms with E-state index in [1.165, 1.54) is 11.1 Å². The highest BCUT2D eigenvalue weighted by molar-refractivity contribution is 5.63. The van der Waals surface area contributed by atoms with Crippen LogP contribution in [0.4, 0.5) is 5.82 Å². The van der Waals surface area contributed by atoms with E-state index >= 15 is 0 Å². The number of aryl methyl sites for hydroxylation is 2. The molecule has 0 spiro atoms. The van der Waals surface area contributed by atoms with Gasteiger partial charge in [0.15, 0.2) is 5.82 Å². The van der Waals surface area contributed by atoms with E-state index in [1.54, 1.807) is 0 Å². The van der Waals surface area contributed by atoms with Crippen molar-refractivity contribution in [3.05, 3.63) is 41.1 Å². The average molecular weight is 269 g/mol. The Morgan fingerprint density at radius 3 is 2.45 bits per heavy atom. The van der Waals surface area contributed by atoms with Crippen LogP contribution in [0.5, 0.6) is 0 Å². The van der Waals surface area contributed by atoms with Crippen molar-refractivity contribution in [2.75, 3.05) is 11.9 Å². The van der Waals surface area contributed by atoms with E-state index < -0.39 is 0 Å². The van der Waals surface area contributed by atoms with Crippen LogP contribution in [-0.4, -0.2) is 16.5 Å². The Labute approximate surface area is 121 Å². The van der Waals surface area contributed by atoms with E-state index in [9.17, 15) is 0 Å². The van der Waals surface area contributed by atoms with E-state index in [0.717, 1.165) is 42.3 Å². The van der Waals surface area contributed by atoms with Crippen molar-refractivity contribution in [3.63, 3.8) is 0 Å². The molecule has 2 rings (SSSR count). The minimum absolute atomic E-state index is 0.816. The fourth-order valence-corrected chi connectivity index (χ4v) is 2.35. The smallest absolute Gasteiger partial charge is 0.162 e. The third-order valence-electron chi connectivity index (χ3n) is 3.50. The first-order valence-electron chi connectivity index (χ1n) is 7.34. The molecular formula is C17H23N3. The highest BCUT2D eigenvalue weighted by Crippen LogP contribution is 2.24. The largest absolute Gasteiger partial charge is 0.370 e. The molecule has 0 fully saturated rings. The highest BCUT2D eigenvalue weighted by atomic mass is 15.0. The maximum absolute atomic E-state index is 4.75. The Kier molecular flexibility index (Phi) is 4.72. The van der Waals surface area contributed by atoms with Crippen LogP contribution in [0.2, 0.25) is 0 Å². The zero-order valence-electron chi connectivity index (χ0n) is 12.8. The SMILES string of the molecule is CCCNc1nc(-c2ccccc2C)nc(C)c1CC. The Bertz CT molecular complexity index is 591. The molecule has 1 heterocycles. The van der Waals surface area contributed by atoms with Crippen LogP contribution in [0, 0.1) is 13.8 Å². The molecule has 1 aromatic carbocycles. The lowest BCUT2D eigenvalue weighted by atomic mass is 10.1. The highest BCUT2D eigenvalue weighted by Gasteiger charge is 2.12. The molecule has 0 bridgehead atoms. The standard InChI is InChI=1S/C17H23N3/c1-5-11-18-16-14(6-2)13(4)19-17(20-16)15-10-8-7-9-12(15)3/h7-10H,5-6,11H2,1-4H3,(H,18,19,20). The third-order valence-corrected chi connectivity index (χ3v) is 3.50. The third kappa shape index (κ3) is 2.98. The van der Waals surface area contributed by atoms with E-state index in [4.69, 9.17) is 9.97 Å². The van der Waals surface area contributed by atoms with Gasteiger partial charge in [-0.25, -0.2) is 9.97 Å². The first-order chi connectivity index (χ1) is 9.67. The summed E-state index contributed by atoms with van der Waals surface area (Å²) in [4.78, 5) is 9.44. The number of anilines is 1. The second-order valence-corrected chi connectivity index (χ2v) is 5.06. The summed E-state index contributed by atoms with van der Waals surface area (Å²) in [7, 11) is 0. The molecule has 0 unspecified atom stereocenters. The number of nitrogens with one attached hydrogen (secondary N) is 1. The Balaban J connectivity index is 2.50. The summed E-state index contributed by atoms with van der Waals surface area (Å²) in [5.74, 6) is 1.80. The van der Waals surface area contributed by atoms with Gasteiger partial charge in [0, 0.05) is 23.4 Å². The second-order valence-electron chi connectivity index (χ2n) is 5.06. The fraction of sp³-hybridized carbons (Fsp3) is 0.412. The summed E-state index contributed by atoms with van der Waals surface area (Å²) < 4.78 is 0. The van der Waals surface area contributed by atoms with Crippen molar-refractivity contribution in [1.82, 2.24) is 9.97 Å². The summed E-state index contributed by atoms with van der Waals surface area (Å²) in [6.07, 6.45) is 2.04. The molecule has 20 heavy (non-hydrogen) atoms. The fourth-order valence-electron chi connectivity index (χ4n) is 2.35. The Hall–Kier alpha value is -1.90. The predicted molar refractivity (Wildman–Crippen MR) is 85.1 cm³/mol. The van der Waals surface area contributed by atoms with Gasteiger partial charge in [-0.05, 0) is 32.3 Å². The molecule has 106 valence electrons. The second kappa shape index (κ2) is 6.51. The zero-order chi connectivity index (χ0) is 14.5. The van der Waals surface area contributed by atoms with Crippen LogP contribution in [-0.2, 0) is 6.42 Å². The minimum Gasteiger partial charge on any atom is -0.370 e. The lowest BCUT2D eigenvalue weighted by Gasteiger charge is -2.14. The van der Waals surface area contributed by atoms with Gasteiger partial charge >= 0.3 is 0 Å². The molecule has 2 aromatic rings. The van der Waals surface area contributed by atoms with Gasteiger partial charge < -0.3 is 5.32 Å². The number of aromatic nitrogens is 2. The normalized spacial score (nSPS) is 10.6. The summed E-state index contributed by atoms with van der Waals surface area (Å²) in [5, 5.41) is 3.43. The molecule has 0 amide bonds. The van der Waals surface area contributed by atoms with Crippen LogP contribution in [0.3, 0.4) is 0 Å². The van der Waals surface area contributed by atoms with Gasteiger partial charge in [-0.3, -0.25) is 0 Å². The number of rotatable bonds is 5. The lowest BCUT2D eigenvalue weighted by molar-refractivity contribution is 0.938. The quantitative estimate of drug-likeness (QED) is 0.886. The maximum Gasteiger partial charge on any atom is 0.162 e. The Morgan fingerprint density at radius 1 is 1.05 bits per heavy atom. The molecule has 3 nitrogen and oxygen atoms in total. The molecule has 3 heteroatoms. The zero-order valence-corrected chi connectivity index (χ0v) is 12.8. The van der Waals surface area contributed by atoms with E-state index in [0.29, 0.717) is 0 Å². The van der Waals surface area contributed by atoms with Gasteiger partial charge in [0.2, 0.25) is 0 Å².